The Morgan fingerprint density at radius 3 is 2.84 bits per heavy atom. The van der Waals surface area contributed by atoms with Gasteiger partial charge < -0.3 is 18.7 Å². The van der Waals surface area contributed by atoms with Crippen molar-refractivity contribution in [3.8, 4) is 11.1 Å². The fourth-order valence-electron chi connectivity index (χ4n) is 3.42. The molecule has 1 aliphatic heterocycles. The summed E-state index contributed by atoms with van der Waals surface area (Å²) in [5.41, 5.74) is 3.76. The Morgan fingerprint density at radius 1 is 1.28 bits per heavy atom. The summed E-state index contributed by atoms with van der Waals surface area (Å²) in [6, 6.07) is 9.74. The number of furan rings is 1. The molecule has 1 atom stereocenters. The molecule has 0 saturated heterocycles. The van der Waals surface area contributed by atoms with E-state index in [-0.39, 0.29) is 11.9 Å². The van der Waals surface area contributed by atoms with Gasteiger partial charge in [0.1, 0.15) is 6.26 Å². The molecule has 0 spiro atoms. The number of benzene rings is 1. The third kappa shape index (κ3) is 2.59. The van der Waals surface area contributed by atoms with Crippen LogP contribution in [0.3, 0.4) is 0 Å². The average molecular weight is 337 g/mol. The Labute approximate surface area is 145 Å². The highest BCUT2D eigenvalue weighted by Gasteiger charge is 2.32. The minimum Gasteiger partial charge on any atom is -0.459 e. The number of carbonyl (C=O) groups is 1. The van der Waals surface area contributed by atoms with E-state index >= 15 is 0 Å². The molecule has 0 unspecified atom stereocenters. The highest BCUT2D eigenvalue weighted by molar-refractivity contribution is 6.07. The summed E-state index contributed by atoms with van der Waals surface area (Å²) in [4.78, 5) is 17.0. The van der Waals surface area contributed by atoms with Crippen molar-refractivity contribution in [2.24, 2.45) is 0 Å². The summed E-state index contributed by atoms with van der Waals surface area (Å²) in [5.74, 6) is 0.217. The molecule has 6 nitrogen and oxygen atoms in total. The van der Waals surface area contributed by atoms with E-state index in [0.29, 0.717) is 12.3 Å². The number of amides is 1. The van der Waals surface area contributed by atoms with Crippen LogP contribution in [-0.4, -0.2) is 30.2 Å². The number of aromatic nitrogens is 1. The van der Waals surface area contributed by atoms with Gasteiger partial charge in [0.2, 0.25) is 0 Å². The van der Waals surface area contributed by atoms with Gasteiger partial charge in [-0.05, 0) is 43.7 Å². The maximum Gasteiger partial charge on any atom is 0.294 e. The zero-order valence-electron chi connectivity index (χ0n) is 14.2. The van der Waals surface area contributed by atoms with E-state index in [0.717, 1.165) is 29.0 Å². The van der Waals surface area contributed by atoms with Crippen LogP contribution < -0.4 is 9.80 Å². The highest BCUT2D eigenvalue weighted by atomic mass is 16.5. The van der Waals surface area contributed by atoms with Crippen molar-refractivity contribution in [2.75, 3.05) is 22.9 Å². The van der Waals surface area contributed by atoms with Gasteiger partial charge in [0.15, 0.2) is 5.76 Å². The van der Waals surface area contributed by atoms with Gasteiger partial charge in [0.05, 0.1) is 23.8 Å². The SMILES string of the molecule is CCN1c2ccc(-c3cnoc3)cc2N(C(=O)c2ccco2)C[C@@H]1C. The van der Waals surface area contributed by atoms with Gasteiger partial charge in [-0.2, -0.15) is 0 Å². The second kappa shape index (κ2) is 6.12. The van der Waals surface area contributed by atoms with Gasteiger partial charge in [-0.15, -0.1) is 0 Å². The Kier molecular flexibility index (Phi) is 3.80. The fourth-order valence-corrected chi connectivity index (χ4v) is 3.42. The van der Waals surface area contributed by atoms with E-state index in [4.69, 9.17) is 8.94 Å². The molecule has 3 aromatic rings. The zero-order valence-corrected chi connectivity index (χ0v) is 14.2. The molecule has 128 valence electrons. The van der Waals surface area contributed by atoms with Crippen LogP contribution in [0.5, 0.6) is 0 Å². The molecule has 0 N–H and O–H groups in total. The maximum absolute atomic E-state index is 12.9. The monoisotopic (exact) mass is 337 g/mol. The van der Waals surface area contributed by atoms with Crippen molar-refractivity contribution in [3.05, 3.63) is 54.8 Å². The van der Waals surface area contributed by atoms with Crippen LogP contribution in [0.4, 0.5) is 11.4 Å². The lowest BCUT2D eigenvalue weighted by atomic mass is 10.0. The van der Waals surface area contributed by atoms with Crippen molar-refractivity contribution in [2.45, 2.75) is 19.9 Å². The number of fused-ring (bicyclic) bond motifs is 1. The molecular formula is C19H19N3O3. The average Bonchev–Trinajstić information content (AvgIpc) is 3.33. The summed E-state index contributed by atoms with van der Waals surface area (Å²) in [7, 11) is 0. The van der Waals surface area contributed by atoms with E-state index in [1.807, 2.05) is 12.1 Å². The van der Waals surface area contributed by atoms with Crippen LogP contribution in [0.2, 0.25) is 0 Å². The van der Waals surface area contributed by atoms with Crippen molar-refractivity contribution in [1.29, 1.82) is 0 Å². The van der Waals surface area contributed by atoms with E-state index in [1.165, 1.54) is 6.26 Å². The van der Waals surface area contributed by atoms with Crippen LogP contribution in [-0.2, 0) is 0 Å². The Balaban J connectivity index is 1.82. The molecule has 1 aliphatic rings. The molecule has 2 aromatic heterocycles. The lowest BCUT2D eigenvalue weighted by molar-refractivity contribution is 0.0957. The van der Waals surface area contributed by atoms with Gasteiger partial charge in [-0.25, -0.2) is 0 Å². The number of anilines is 2. The Morgan fingerprint density at radius 2 is 2.16 bits per heavy atom. The molecule has 25 heavy (non-hydrogen) atoms. The predicted molar refractivity (Wildman–Crippen MR) is 94.8 cm³/mol. The number of carbonyl (C=O) groups excluding carboxylic acids is 1. The van der Waals surface area contributed by atoms with Crippen LogP contribution >= 0.6 is 0 Å². The first-order valence-electron chi connectivity index (χ1n) is 8.35. The first-order chi connectivity index (χ1) is 12.2. The smallest absolute Gasteiger partial charge is 0.294 e. The molecule has 1 amide bonds. The lowest BCUT2D eigenvalue weighted by Gasteiger charge is -2.42. The summed E-state index contributed by atoms with van der Waals surface area (Å²) in [5, 5.41) is 3.77. The van der Waals surface area contributed by atoms with E-state index in [2.05, 4.69) is 30.0 Å². The van der Waals surface area contributed by atoms with E-state index in [1.54, 1.807) is 29.5 Å². The topological polar surface area (TPSA) is 62.7 Å². The molecule has 3 heterocycles. The maximum atomic E-state index is 12.9. The number of hydrogen-bond acceptors (Lipinski definition) is 5. The fraction of sp³-hybridized carbons (Fsp3) is 0.263. The minimum atomic E-state index is -0.128. The third-order valence-electron chi connectivity index (χ3n) is 4.64. The van der Waals surface area contributed by atoms with Crippen molar-refractivity contribution in [1.82, 2.24) is 5.16 Å². The molecule has 0 saturated carbocycles. The molecular weight excluding hydrogens is 318 g/mol. The van der Waals surface area contributed by atoms with Gasteiger partial charge in [-0.1, -0.05) is 11.2 Å². The van der Waals surface area contributed by atoms with Gasteiger partial charge in [0.25, 0.3) is 5.91 Å². The third-order valence-corrected chi connectivity index (χ3v) is 4.64. The molecule has 6 heteroatoms. The molecule has 0 aliphatic carbocycles. The second-order valence-corrected chi connectivity index (χ2v) is 6.14. The normalized spacial score (nSPS) is 16.8. The van der Waals surface area contributed by atoms with Crippen molar-refractivity contribution >= 4 is 17.3 Å². The van der Waals surface area contributed by atoms with E-state index < -0.39 is 0 Å². The first kappa shape index (κ1) is 15.5. The molecule has 4 rings (SSSR count). The Bertz CT molecular complexity index is 871. The lowest BCUT2D eigenvalue weighted by Crippen LogP contribution is -2.49. The van der Waals surface area contributed by atoms with Crippen LogP contribution in [0, 0.1) is 0 Å². The standard InChI is InChI=1S/C19H19N3O3/c1-3-21-13(2)11-22(19(23)18-5-4-8-24-18)17-9-14(6-7-16(17)21)15-10-20-25-12-15/h4-10,12-13H,3,11H2,1-2H3/t13-/m0/s1. The van der Waals surface area contributed by atoms with Gasteiger partial charge in [-0.3, -0.25) is 4.79 Å². The molecule has 0 radical (unpaired) electrons. The quantitative estimate of drug-likeness (QED) is 0.727. The molecule has 1 aromatic carbocycles. The van der Waals surface area contributed by atoms with Crippen LogP contribution in [0.15, 0.2) is 58.0 Å². The van der Waals surface area contributed by atoms with Gasteiger partial charge in [0, 0.05) is 24.7 Å². The number of hydrogen-bond donors (Lipinski definition) is 0. The van der Waals surface area contributed by atoms with Crippen LogP contribution in [0.1, 0.15) is 24.4 Å². The number of likely N-dealkylation sites (N-methyl/N-ethyl adjacent to an activating group) is 1. The van der Waals surface area contributed by atoms with E-state index in [9.17, 15) is 4.79 Å². The summed E-state index contributed by atoms with van der Waals surface area (Å²) < 4.78 is 10.3. The number of rotatable bonds is 3. The number of nitrogens with zero attached hydrogens (tertiary/aromatic N) is 3. The van der Waals surface area contributed by atoms with Gasteiger partial charge >= 0.3 is 0 Å². The molecule has 0 fully saturated rings. The van der Waals surface area contributed by atoms with Crippen molar-refractivity contribution < 1.29 is 13.7 Å². The first-order valence-corrected chi connectivity index (χ1v) is 8.35. The summed E-state index contributed by atoms with van der Waals surface area (Å²) in [6.45, 7) is 5.73. The summed E-state index contributed by atoms with van der Waals surface area (Å²) in [6.07, 6.45) is 4.79. The molecule has 0 bridgehead atoms. The second-order valence-electron chi connectivity index (χ2n) is 6.14. The minimum absolute atomic E-state index is 0.128. The highest BCUT2D eigenvalue weighted by Crippen LogP contribution is 2.39. The van der Waals surface area contributed by atoms with Crippen LogP contribution in [0.25, 0.3) is 11.1 Å². The zero-order chi connectivity index (χ0) is 17.4. The predicted octanol–water partition coefficient (Wildman–Crippen LogP) is 3.81. The summed E-state index contributed by atoms with van der Waals surface area (Å²) >= 11 is 0. The van der Waals surface area contributed by atoms with Crippen molar-refractivity contribution in [3.63, 3.8) is 0 Å². The largest absolute Gasteiger partial charge is 0.459 e. The Hall–Kier alpha value is -3.02.